The number of ether oxygens (including phenoxy) is 1. The van der Waals surface area contributed by atoms with E-state index in [0.717, 1.165) is 12.3 Å². The summed E-state index contributed by atoms with van der Waals surface area (Å²) in [6.45, 7) is 1.53. The highest BCUT2D eigenvalue weighted by Crippen LogP contribution is 2.47. The van der Waals surface area contributed by atoms with Crippen molar-refractivity contribution in [1.82, 2.24) is 19.9 Å². The number of nitrogens with zero attached hydrogens (tertiary/aromatic N) is 4. The Morgan fingerprint density at radius 2 is 2.03 bits per heavy atom. The number of aromatic nitrogens is 4. The van der Waals surface area contributed by atoms with E-state index in [2.05, 4.69) is 15.2 Å². The predicted molar refractivity (Wildman–Crippen MR) is 98.4 cm³/mol. The van der Waals surface area contributed by atoms with E-state index in [-0.39, 0.29) is 47.0 Å². The quantitative estimate of drug-likeness (QED) is 0.414. The topological polar surface area (TPSA) is 100 Å². The number of ketones is 1. The molecule has 0 amide bonds. The highest BCUT2D eigenvalue weighted by Gasteiger charge is 2.40. The first-order valence-corrected chi connectivity index (χ1v) is 9.52. The van der Waals surface area contributed by atoms with Gasteiger partial charge in [-0.05, 0) is 48.9 Å². The van der Waals surface area contributed by atoms with Crippen molar-refractivity contribution in [2.45, 2.75) is 38.4 Å². The Morgan fingerprint density at radius 1 is 1.26 bits per heavy atom. The molecule has 1 aliphatic carbocycles. The molecule has 0 saturated heterocycles. The zero-order valence-corrected chi connectivity index (χ0v) is 16.3. The molecule has 1 saturated carbocycles. The summed E-state index contributed by atoms with van der Waals surface area (Å²) >= 11 is 0. The van der Waals surface area contributed by atoms with Gasteiger partial charge in [-0.25, -0.2) is 14.5 Å². The highest BCUT2D eigenvalue weighted by molar-refractivity contribution is 6.14. The second-order valence-electron chi connectivity index (χ2n) is 7.09. The Balaban J connectivity index is 1.84. The molecule has 0 spiro atoms. The van der Waals surface area contributed by atoms with Crippen LogP contribution in [0.15, 0.2) is 35.6 Å². The van der Waals surface area contributed by atoms with Gasteiger partial charge in [0.1, 0.15) is 18.9 Å². The van der Waals surface area contributed by atoms with E-state index < -0.39 is 23.5 Å². The van der Waals surface area contributed by atoms with Crippen LogP contribution in [-0.4, -0.2) is 38.3 Å². The van der Waals surface area contributed by atoms with E-state index in [0.29, 0.717) is 12.8 Å². The molecule has 2 heterocycles. The molecule has 0 N–H and O–H groups in total. The third-order valence-electron chi connectivity index (χ3n) is 4.92. The van der Waals surface area contributed by atoms with Crippen molar-refractivity contribution >= 4 is 11.8 Å². The van der Waals surface area contributed by atoms with Crippen LogP contribution in [-0.2, 0) is 17.5 Å². The molecule has 2 aromatic heterocycles. The van der Waals surface area contributed by atoms with E-state index in [1.54, 1.807) is 6.92 Å². The molecule has 11 heteroatoms. The van der Waals surface area contributed by atoms with E-state index in [1.807, 2.05) is 0 Å². The fourth-order valence-corrected chi connectivity index (χ4v) is 3.36. The second-order valence-corrected chi connectivity index (χ2v) is 7.09. The molecule has 0 unspecified atom stereocenters. The number of rotatable bonds is 7. The van der Waals surface area contributed by atoms with Crippen LogP contribution in [0, 0.1) is 0 Å². The lowest BCUT2D eigenvalue weighted by atomic mass is 9.91. The fourth-order valence-electron chi connectivity index (χ4n) is 3.36. The highest BCUT2D eigenvalue weighted by atomic mass is 19.4. The number of benzene rings is 1. The van der Waals surface area contributed by atoms with E-state index in [1.165, 1.54) is 23.4 Å². The molecule has 3 aromatic rings. The third kappa shape index (κ3) is 4.21. The van der Waals surface area contributed by atoms with E-state index in [9.17, 15) is 22.8 Å². The first kappa shape index (κ1) is 20.8. The maximum Gasteiger partial charge on any atom is 0.416 e. The van der Waals surface area contributed by atoms with Crippen LogP contribution >= 0.6 is 0 Å². The normalized spacial score (nSPS) is 13.9. The van der Waals surface area contributed by atoms with Gasteiger partial charge in [-0.15, -0.1) is 0 Å². The number of hydrogen-bond donors (Lipinski definition) is 0. The summed E-state index contributed by atoms with van der Waals surface area (Å²) in [5.41, 5.74) is -1.13. The lowest BCUT2D eigenvalue weighted by molar-refractivity contribution is -0.138. The van der Waals surface area contributed by atoms with Crippen LogP contribution in [0.5, 0.6) is 0 Å². The predicted octanol–water partition coefficient (Wildman–Crippen LogP) is 3.62. The Bertz CT molecular complexity index is 1120. The summed E-state index contributed by atoms with van der Waals surface area (Å²) in [4.78, 5) is 29.2. The molecule has 4 rings (SSSR count). The molecule has 8 nitrogen and oxygen atoms in total. The molecular weight excluding hydrogens is 417 g/mol. The fraction of sp³-hybridized carbons (Fsp3) is 0.350. The van der Waals surface area contributed by atoms with Gasteiger partial charge in [0.25, 0.3) is 0 Å². The number of esters is 1. The number of alkyl halides is 3. The van der Waals surface area contributed by atoms with Crippen LogP contribution in [0.3, 0.4) is 0 Å². The van der Waals surface area contributed by atoms with Crippen molar-refractivity contribution in [1.29, 1.82) is 0 Å². The van der Waals surface area contributed by atoms with Crippen LogP contribution < -0.4 is 0 Å². The first-order chi connectivity index (χ1) is 14.8. The standard InChI is InChI=1S/C20H17F3N4O4/c1-2-30-19(29)17-15(8-31-26-17)18(28)14-6-13(11-3-4-11)16(20(21,22)23)5-12(14)7-27-10-24-9-25-27/h5-6,8-11H,2-4,7H2,1H3. The molecule has 162 valence electrons. The summed E-state index contributed by atoms with van der Waals surface area (Å²) in [6.07, 6.45) is 0.205. The molecule has 0 bridgehead atoms. The van der Waals surface area contributed by atoms with Gasteiger partial charge in [0.05, 0.1) is 24.3 Å². The maximum atomic E-state index is 13.8. The molecule has 31 heavy (non-hydrogen) atoms. The number of halogens is 3. The summed E-state index contributed by atoms with van der Waals surface area (Å²) < 4.78 is 52.2. The molecule has 1 aliphatic rings. The van der Waals surface area contributed by atoms with Gasteiger partial charge in [-0.2, -0.15) is 18.3 Å². The molecule has 1 fully saturated rings. The molecule has 0 atom stereocenters. The Labute approximate surface area is 174 Å². The average Bonchev–Trinajstić information content (AvgIpc) is 3.22. The van der Waals surface area contributed by atoms with Crippen molar-refractivity contribution < 1.29 is 32.0 Å². The molecule has 0 radical (unpaired) electrons. The van der Waals surface area contributed by atoms with Gasteiger partial charge in [-0.3, -0.25) is 4.79 Å². The van der Waals surface area contributed by atoms with Gasteiger partial charge >= 0.3 is 12.1 Å². The Morgan fingerprint density at radius 3 is 2.65 bits per heavy atom. The van der Waals surface area contributed by atoms with Gasteiger partial charge < -0.3 is 9.26 Å². The molecule has 1 aromatic carbocycles. The van der Waals surface area contributed by atoms with Crippen molar-refractivity contribution in [3.63, 3.8) is 0 Å². The second kappa shape index (κ2) is 7.97. The monoisotopic (exact) mass is 434 g/mol. The molecule has 0 aliphatic heterocycles. The van der Waals surface area contributed by atoms with Crippen LogP contribution in [0.1, 0.15) is 68.8 Å². The van der Waals surface area contributed by atoms with Gasteiger partial charge in [0.15, 0.2) is 5.78 Å². The van der Waals surface area contributed by atoms with Crippen LogP contribution in [0.2, 0.25) is 0 Å². The zero-order valence-electron chi connectivity index (χ0n) is 16.3. The van der Waals surface area contributed by atoms with Crippen molar-refractivity contribution in [2.75, 3.05) is 6.61 Å². The van der Waals surface area contributed by atoms with Crippen molar-refractivity contribution in [2.24, 2.45) is 0 Å². The minimum Gasteiger partial charge on any atom is -0.461 e. The zero-order chi connectivity index (χ0) is 22.2. The minimum absolute atomic E-state index is 0.0131. The van der Waals surface area contributed by atoms with E-state index >= 15 is 0 Å². The van der Waals surface area contributed by atoms with Crippen LogP contribution in [0.4, 0.5) is 13.2 Å². The third-order valence-corrected chi connectivity index (χ3v) is 4.92. The lowest BCUT2D eigenvalue weighted by Crippen LogP contribution is -2.17. The summed E-state index contributed by atoms with van der Waals surface area (Å²) in [5.74, 6) is -1.81. The summed E-state index contributed by atoms with van der Waals surface area (Å²) in [5, 5.41) is 7.45. The van der Waals surface area contributed by atoms with Gasteiger partial charge in [0, 0.05) is 5.56 Å². The number of carbonyl (C=O) groups excluding carboxylic acids is 2. The Kier molecular flexibility index (Phi) is 5.34. The van der Waals surface area contributed by atoms with E-state index in [4.69, 9.17) is 9.26 Å². The molecular formula is C20H17F3N4O4. The minimum atomic E-state index is -4.58. The van der Waals surface area contributed by atoms with Crippen LogP contribution in [0.25, 0.3) is 0 Å². The number of carbonyl (C=O) groups is 2. The maximum absolute atomic E-state index is 13.8. The smallest absolute Gasteiger partial charge is 0.416 e. The average molecular weight is 434 g/mol. The Hall–Kier alpha value is -3.50. The van der Waals surface area contributed by atoms with Crippen molar-refractivity contribution in [3.8, 4) is 0 Å². The largest absolute Gasteiger partial charge is 0.461 e. The number of hydrogen-bond acceptors (Lipinski definition) is 7. The van der Waals surface area contributed by atoms with Gasteiger partial charge in [0.2, 0.25) is 5.69 Å². The lowest BCUT2D eigenvalue weighted by Gasteiger charge is -2.17. The van der Waals surface area contributed by atoms with Crippen molar-refractivity contribution in [3.05, 3.63) is 64.6 Å². The summed E-state index contributed by atoms with van der Waals surface area (Å²) in [7, 11) is 0. The summed E-state index contributed by atoms with van der Waals surface area (Å²) in [6, 6.07) is 2.23. The SMILES string of the molecule is CCOC(=O)c1nocc1C(=O)c1cc(C2CC2)c(C(F)(F)F)cc1Cn1cncn1. The van der Waals surface area contributed by atoms with Gasteiger partial charge in [-0.1, -0.05) is 5.16 Å². The first-order valence-electron chi connectivity index (χ1n) is 9.52.